The van der Waals surface area contributed by atoms with Crippen molar-refractivity contribution in [1.29, 1.82) is 0 Å². The summed E-state index contributed by atoms with van der Waals surface area (Å²) >= 11 is 7.45. The number of anilines is 1. The molecular formula is C11H10ClN3S. The summed E-state index contributed by atoms with van der Waals surface area (Å²) in [6.45, 7) is 0. The topological polar surface area (TPSA) is 51.8 Å². The van der Waals surface area contributed by atoms with Crippen LogP contribution in [0.25, 0.3) is 0 Å². The Morgan fingerprint density at radius 3 is 2.88 bits per heavy atom. The molecule has 1 aromatic carbocycles. The Labute approximate surface area is 103 Å². The van der Waals surface area contributed by atoms with Crippen LogP contribution in [-0.4, -0.2) is 9.97 Å². The molecule has 2 aromatic rings. The van der Waals surface area contributed by atoms with Crippen LogP contribution in [0.1, 0.15) is 5.69 Å². The molecule has 5 heteroatoms. The quantitative estimate of drug-likeness (QED) is 0.673. The van der Waals surface area contributed by atoms with Gasteiger partial charge in [-0.2, -0.15) is 0 Å². The van der Waals surface area contributed by atoms with Gasteiger partial charge in [-0.1, -0.05) is 11.6 Å². The van der Waals surface area contributed by atoms with Gasteiger partial charge in [0.2, 0.25) is 0 Å². The number of aromatic nitrogens is 2. The van der Waals surface area contributed by atoms with Crippen LogP contribution in [-0.2, 0) is 5.75 Å². The minimum atomic E-state index is 0.654. The first-order chi connectivity index (χ1) is 7.75. The first-order valence-corrected chi connectivity index (χ1v) is 6.05. The van der Waals surface area contributed by atoms with Crippen LogP contribution in [0.5, 0.6) is 0 Å². The third kappa shape index (κ3) is 2.87. The molecule has 2 rings (SSSR count). The van der Waals surface area contributed by atoms with Crippen LogP contribution in [0.4, 0.5) is 5.69 Å². The van der Waals surface area contributed by atoms with Crippen LogP contribution in [0.15, 0.2) is 41.7 Å². The monoisotopic (exact) mass is 251 g/mol. The molecule has 1 heterocycles. The lowest BCUT2D eigenvalue weighted by atomic mass is 10.3. The molecule has 0 amide bonds. The number of halogens is 1. The van der Waals surface area contributed by atoms with Gasteiger partial charge in [0.15, 0.2) is 0 Å². The molecule has 16 heavy (non-hydrogen) atoms. The summed E-state index contributed by atoms with van der Waals surface area (Å²) in [4.78, 5) is 9.21. The number of hydrogen-bond donors (Lipinski definition) is 1. The average molecular weight is 252 g/mol. The minimum absolute atomic E-state index is 0.654. The maximum absolute atomic E-state index is 5.84. The molecule has 0 saturated carbocycles. The number of rotatable bonds is 3. The summed E-state index contributed by atoms with van der Waals surface area (Å²) in [5.74, 6) is 0.750. The molecule has 82 valence electrons. The van der Waals surface area contributed by atoms with Crippen LogP contribution in [0.3, 0.4) is 0 Å². The van der Waals surface area contributed by atoms with E-state index in [1.807, 2.05) is 12.1 Å². The van der Waals surface area contributed by atoms with Crippen molar-refractivity contribution in [2.75, 3.05) is 5.73 Å². The van der Waals surface area contributed by atoms with Crippen molar-refractivity contribution in [2.45, 2.75) is 10.6 Å². The third-order valence-electron chi connectivity index (χ3n) is 1.96. The molecule has 0 atom stereocenters. The smallest absolute Gasteiger partial charge is 0.0689 e. The minimum Gasteiger partial charge on any atom is -0.398 e. The maximum Gasteiger partial charge on any atom is 0.0689 e. The lowest BCUT2D eigenvalue weighted by molar-refractivity contribution is 1.10. The van der Waals surface area contributed by atoms with Gasteiger partial charge in [-0.05, 0) is 18.2 Å². The first kappa shape index (κ1) is 11.2. The van der Waals surface area contributed by atoms with Gasteiger partial charge in [-0.3, -0.25) is 9.97 Å². The zero-order chi connectivity index (χ0) is 11.4. The van der Waals surface area contributed by atoms with E-state index in [1.54, 1.807) is 36.4 Å². The normalized spacial score (nSPS) is 10.3. The van der Waals surface area contributed by atoms with Crippen molar-refractivity contribution in [1.82, 2.24) is 9.97 Å². The Balaban J connectivity index is 2.05. The van der Waals surface area contributed by atoms with Gasteiger partial charge in [0.25, 0.3) is 0 Å². The fourth-order valence-electron chi connectivity index (χ4n) is 1.21. The Morgan fingerprint density at radius 2 is 2.19 bits per heavy atom. The van der Waals surface area contributed by atoms with Crippen molar-refractivity contribution in [2.24, 2.45) is 0 Å². The second kappa shape index (κ2) is 5.18. The third-order valence-corrected chi connectivity index (χ3v) is 3.32. The van der Waals surface area contributed by atoms with Crippen LogP contribution in [0.2, 0.25) is 5.02 Å². The highest BCUT2D eigenvalue weighted by Gasteiger charge is 2.02. The predicted molar refractivity (Wildman–Crippen MR) is 67.5 cm³/mol. The van der Waals surface area contributed by atoms with Crippen LogP contribution in [0, 0.1) is 0 Å². The zero-order valence-electron chi connectivity index (χ0n) is 8.43. The van der Waals surface area contributed by atoms with Crippen molar-refractivity contribution < 1.29 is 0 Å². The fraction of sp³-hybridized carbons (Fsp3) is 0.0909. The van der Waals surface area contributed by atoms with Gasteiger partial charge in [0.05, 0.1) is 5.69 Å². The van der Waals surface area contributed by atoms with Crippen LogP contribution < -0.4 is 5.73 Å². The summed E-state index contributed by atoms with van der Waals surface area (Å²) in [5.41, 5.74) is 7.47. The molecule has 0 aliphatic carbocycles. The van der Waals surface area contributed by atoms with Gasteiger partial charge in [0.1, 0.15) is 0 Å². The van der Waals surface area contributed by atoms with E-state index in [9.17, 15) is 0 Å². The fourth-order valence-corrected chi connectivity index (χ4v) is 2.23. The Kier molecular flexibility index (Phi) is 3.64. The second-order valence-corrected chi connectivity index (χ2v) is 4.62. The largest absolute Gasteiger partial charge is 0.398 e. The zero-order valence-corrected chi connectivity index (χ0v) is 10.0. The Morgan fingerprint density at radius 1 is 1.31 bits per heavy atom. The van der Waals surface area contributed by atoms with E-state index < -0.39 is 0 Å². The first-order valence-electron chi connectivity index (χ1n) is 4.68. The molecule has 0 radical (unpaired) electrons. The molecule has 0 bridgehead atoms. The van der Waals surface area contributed by atoms with E-state index in [0.29, 0.717) is 10.7 Å². The molecule has 0 fully saturated rings. The molecule has 0 unspecified atom stereocenters. The molecule has 0 aliphatic rings. The maximum atomic E-state index is 5.84. The van der Waals surface area contributed by atoms with Crippen LogP contribution >= 0.6 is 23.4 Å². The highest BCUT2D eigenvalue weighted by molar-refractivity contribution is 7.98. The van der Waals surface area contributed by atoms with E-state index in [0.717, 1.165) is 16.3 Å². The summed E-state index contributed by atoms with van der Waals surface area (Å²) in [7, 11) is 0. The summed E-state index contributed by atoms with van der Waals surface area (Å²) in [6.07, 6.45) is 5.09. The number of nitrogen functional groups attached to an aromatic ring is 1. The lowest BCUT2D eigenvalue weighted by Gasteiger charge is -2.04. The van der Waals surface area contributed by atoms with Crippen molar-refractivity contribution >= 4 is 29.1 Å². The molecule has 0 saturated heterocycles. The number of hydrogen-bond acceptors (Lipinski definition) is 4. The Hall–Kier alpha value is -1.26. The molecule has 0 spiro atoms. The lowest BCUT2D eigenvalue weighted by Crippen LogP contribution is -1.90. The molecule has 2 N–H and O–H groups in total. The predicted octanol–water partition coefficient (Wildman–Crippen LogP) is 3.00. The van der Waals surface area contributed by atoms with Gasteiger partial charge >= 0.3 is 0 Å². The van der Waals surface area contributed by atoms with Gasteiger partial charge in [-0.15, -0.1) is 11.8 Å². The van der Waals surface area contributed by atoms with Gasteiger partial charge in [-0.25, -0.2) is 0 Å². The highest BCUT2D eigenvalue weighted by Crippen LogP contribution is 2.29. The number of benzene rings is 1. The van der Waals surface area contributed by atoms with Crippen molar-refractivity contribution in [3.63, 3.8) is 0 Å². The van der Waals surface area contributed by atoms with Gasteiger partial charge < -0.3 is 5.73 Å². The number of nitrogens with two attached hydrogens (primary N) is 1. The van der Waals surface area contributed by atoms with E-state index in [2.05, 4.69) is 9.97 Å². The standard InChI is InChI=1S/C11H10ClN3S/c12-8-1-2-11(10(13)5-8)16-7-9-6-14-3-4-15-9/h1-6H,7,13H2. The van der Waals surface area contributed by atoms with E-state index in [1.165, 1.54) is 0 Å². The second-order valence-electron chi connectivity index (χ2n) is 3.17. The van der Waals surface area contributed by atoms with Crippen molar-refractivity contribution in [3.05, 3.63) is 47.5 Å². The molecule has 3 nitrogen and oxygen atoms in total. The summed E-state index contributed by atoms with van der Waals surface area (Å²) in [6, 6.07) is 5.50. The summed E-state index contributed by atoms with van der Waals surface area (Å²) in [5, 5.41) is 0.654. The van der Waals surface area contributed by atoms with Gasteiger partial charge in [0, 0.05) is 39.9 Å². The van der Waals surface area contributed by atoms with E-state index in [4.69, 9.17) is 17.3 Å². The Bertz CT molecular complexity index is 476. The SMILES string of the molecule is Nc1cc(Cl)ccc1SCc1cnccn1. The highest BCUT2D eigenvalue weighted by atomic mass is 35.5. The van der Waals surface area contributed by atoms with E-state index >= 15 is 0 Å². The summed E-state index contributed by atoms with van der Waals surface area (Å²) < 4.78 is 0. The number of nitrogens with zero attached hydrogens (tertiary/aromatic N) is 2. The average Bonchev–Trinajstić information content (AvgIpc) is 2.29. The molecule has 0 aliphatic heterocycles. The number of thioether (sulfide) groups is 1. The molecular weight excluding hydrogens is 242 g/mol. The molecule has 1 aromatic heterocycles. The van der Waals surface area contributed by atoms with Crippen molar-refractivity contribution in [3.8, 4) is 0 Å². The van der Waals surface area contributed by atoms with E-state index in [-0.39, 0.29) is 0 Å².